The highest BCUT2D eigenvalue weighted by Gasteiger charge is 2.00. The second kappa shape index (κ2) is 2.84. The highest BCUT2D eigenvalue weighted by molar-refractivity contribution is 14.1. The van der Waals surface area contributed by atoms with Crippen molar-refractivity contribution in [2.45, 2.75) is 0 Å². The Morgan fingerprint density at radius 2 is 2.33 bits per heavy atom. The Morgan fingerprint density at radius 3 is 2.78 bits per heavy atom. The van der Waals surface area contributed by atoms with Crippen molar-refractivity contribution in [2.75, 3.05) is 0 Å². The lowest BCUT2D eigenvalue weighted by atomic mass is 10.4. The van der Waals surface area contributed by atoms with E-state index in [1.54, 1.807) is 0 Å². The minimum atomic E-state index is -0.292. The van der Waals surface area contributed by atoms with Crippen molar-refractivity contribution >= 4 is 34.2 Å². The molecule has 0 fully saturated rings. The molecule has 0 amide bonds. The SMILES string of the molecule is Fc1cc[c]c(Cl)c1I. The summed E-state index contributed by atoms with van der Waals surface area (Å²) in [6.07, 6.45) is 0. The normalized spacial score (nSPS) is 9.67. The summed E-state index contributed by atoms with van der Waals surface area (Å²) in [5.41, 5.74) is 0. The van der Waals surface area contributed by atoms with Gasteiger partial charge in [0, 0.05) is 6.07 Å². The molecule has 47 valence electrons. The van der Waals surface area contributed by atoms with E-state index in [-0.39, 0.29) is 5.82 Å². The molecule has 0 N–H and O–H groups in total. The molecule has 1 aromatic carbocycles. The van der Waals surface area contributed by atoms with Gasteiger partial charge in [-0.25, -0.2) is 4.39 Å². The number of hydrogen-bond acceptors (Lipinski definition) is 0. The maximum atomic E-state index is 12.5. The van der Waals surface area contributed by atoms with E-state index in [4.69, 9.17) is 11.6 Å². The van der Waals surface area contributed by atoms with Gasteiger partial charge >= 0.3 is 0 Å². The average Bonchev–Trinajstić information content (AvgIpc) is 1.83. The molecule has 0 unspecified atom stereocenters. The van der Waals surface area contributed by atoms with Crippen molar-refractivity contribution in [1.82, 2.24) is 0 Å². The van der Waals surface area contributed by atoms with Crippen molar-refractivity contribution < 1.29 is 4.39 Å². The van der Waals surface area contributed by atoms with Crippen LogP contribution in [0.4, 0.5) is 4.39 Å². The number of halogens is 3. The fraction of sp³-hybridized carbons (Fsp3) is 0. The number of rotatable bonds is 0. The molecule has 0 saturated carbocycles. The lowest BCUT2D eigenvalue weighted by Crippen LogP contribution is -1.80. The summed E-state index contributed by atoms with van der Waals surface area (Å²) in [7, 11) is 0. The Labute approximate surface area is 71.2 Å². The summed E-state index contributed by atoms with van der Waals surface area (Å²) in [5.74, 6) is -0.292. The summed E-state index contributed by atoms with van der Waals surface area (Å²) < 4.78 is 12.9. The summed E-state index contributed by atoms with van der Waals surface area (Å²) in [6.45, 7) is 0. The standard InChI is InChI=1S/C6H2ClFI/c7-4-2-1-3-5(8)6(4)9/h1,3H. The van der Waals surface area contributed by atoms with Crippen LogP contribution in [0.1, 0.15) is 0 Å². The van der Waals surface area contributed by atoms with Gasteiger partial charge in [0.25, 0.3) is 0 Å². The van der Waals surface area contributed by atoms with Gasteiger partial charge in [-0.1, -0.05) is 11.6 Å². The van der Waals surface area contributed by atoms with E-state index < -0.39 is 0 Å². The van der Waals surface area contributed by atoms with Gasteiger partial charge in [0.1, 0.15) is 5.82 Å². The minimum Gasteiger partial charge on any atom is -0.206 e. The van der Waals surface area contributed by atoms with Crippen LogP contribution in [0.15, 0.2) is 12.1 Å². The van der Waals surface area contributed by atoms with Gasteiger partial charge in [-0.2, -0.15) is 0 Å². The van der Waals surface area contributed by atoms with E-state index >= 15 is 0 Å². The van der Waals surface area contributed by atoms with Crippen LogP contribution in [0.25, 0.3) is 0 Å². The van der Waals surface area contributed by atoms with Gasteiger partial charge in [-0.05, 0) is 34.7 Å². The Kier molecular flexibility index (Phi) is 2.29. The highest BCUT2D eigenvalue weighted by atomic mass is 127. The number of hydrogen-bond donors (Lipinski definition) is 0. The fourth-order valence-electron chi connectivity index (χ4n) is 0.429. The smallest absolute Gasteiger partial charge is 0.138 e. The van der Waals surface area contributed by atoms with Crippen molar-refractivity contribution in [3.63, 3.8) is 0 Å². The van der Waals surface area contributed by atoms with Crippen molar-refractivity contribution in [1.29, 1.82) is 0 Å². The Balaban J connectivity index is 3.25. The molecule has 0 saturated heterocycles. The maximum absolute atomic E-state index is 12.5. The predicted octanol–water partition coefficient (Wildman–Crippen LogP) is 2.88. The van der Waals surface area contributed by atoms with Crippen LogP contribution in [-0.2, 0) is 0 Å². The monoisotopic (exact) mass is 255 g/mol. The zero-order chi connectivity index (χ0) is 6.85. The van der Waals surface area contributed by atoms with Crippen LogP contribution in [0.2, 0.25) is 5.02 Å². The molecule has 0 atom stereocenters. The molecule has 0 aliphatic rings. The second-order valence-electron chi connectivity index (χ2n) is 1.45. The third-order valence-electron chi connectivity index (χ3n) is 0.842. The van der Waals surface area contributed by atoms with E-state index in [0.29, 0.717) is 8.59 Å². The Bertz CT molecular complexity index is 204. The van der Waals surface area contributed by atoms with Crippen molar-refractivity contribution in [2.24, 2.45) is 0 Å². The largest absolute Gasteiger partial charge is 0.206 e. The van der Waals surface area contributed by atoms with E-state index in [0.717, 1.165) is 0 Å². The third-order valence-corrected chi connectivity index (χ3v) is 2.51. The summed E-state index contributed by atoms with van der Waals surface area (Å²) in [4.78, 5) is 0. The fourth-order valence-corrected chi connectivity index (χ4v) is 0.918. The van der Waals surface area contributed by atoms with E-state index in [9.17, 15) is 4.39 Å². The average molecular weight is 255 g/mol. The zero-order valence-corrected chi connectivity index (χ0v) is 7.20. The quantitative estimate of drug-likeness (QED) is 0.494. The molecule has 3 heteroatoms. The molecule has 0 aliphatic carbocycles. The van der Waals surface area contributed by atoms with Gasteiger partial charge in [0.05, 0.1) is 8.59 Å². The Morgan fingerprint density at radius 1 is 1.67 bits per heavy atom. The van der Waals surface area contributed by atoms with E-state index in [2.05, 4.69) is 6.07 Å². The first-order chi connectivity index (χ1) is 4.22. The van der Waals surface area contributed by atoms with Gasteiger partial charge in [0.15, 0.2) is 0 Å². The molecule has 0 aliphatic heterocycles. The molecule has 0 heterocycles. The zero-order valence-electron chi connectivity index (χ0n) is 4.29. The lowest BCUT2D eigenvalue weighted by molar-refractivity contribution is 0.620. The second-order valence-corrected chi connectivity index (χ2v) is 2.91. The van der Waals surface area contributed by atoms with Crippen LogP contribution in [0.5, 0.6) is 0 Å². The first-order valence-electron chi connectivity index (χ1n) is 2.23. The first-order valence-corrected chi connectivity index (χ1v) is 3.68. The maximum Gasteiger partial charge on any atom is 0.138 e. The van der Waals surface area contributed by atoms with Gasteiger partial charge in [-0.3, -0.25) is 0 Å². The first kappa shape index (κ1) is 7.28. The summed E-state index contributed by atoms with van der Waals surface area (Å²) in [6, 6.07) is 5.44. The van der Waals surface area contributed by atoms with Crippen LogP contribution >= 0.6 is 34.2 Å². The molecule has 0 spiro atoms. The molecule has 1 rings (SSSR count). The van der Waals surface area contributed by atoms with Crippen LogP contribution in [-0.4, -0.2) is 0 Å². The minimum absolute atomic E-state index is 0.292. The van der Waals surface area contributed by atoms with Crippen LogP contribution in [0.3, 0.4) is 0 Å². The summed E-state index contributed by atoms with van der Waals surface area (Å²) >= 11 is 7.34. The molecule has 0 bridgehead atoms. The van der Waals surface area contributed by atoms with Gasteiger partial charge in [0.2, 0.25) is 0 Å². The van der Waals surface area contributed by atoms with E-state index in [1.165, 1.54) is 12.1 Å². The molecule has 1 radical (unpaired) electrons. The molecular formula is C6H2ClFI. The third kappa shape index (κ3) is 1.55. The van der Waals surface area contributed by atoms with Crippen LogP contribution < -0.4 is 0 Å². The summed E-state index contributed by atoms with van der Waals surface area (Å²) in [5, 5.41) is 0.343. The predicted molar refractivity (Wildman–Crippen MR) is 43.0 cm³/mol. The van der Waals surface area contributed by atoms with Gasteiger partial charge in [-0.15, -0.1) is 0 Å². The molecule has 0 nitrogen and oxygen atoms in total. The topological polar surface area (TPSA) is 0 Å². The molecule has 1 aromatic rings. The Hall–Kier alpha value is 0.170. The van der Waals surface area contributed by atoms with Crippen molar-refractivity contribution in [3.05, 3.63) is 32.6 Å². The van der Waals surface area contributed by atoms with Crippen molar-refractivity contribution in [3.8, 4) is 0 Å². The highest BCUT2D eigenvalue weighted by Crippen LogP contribution is 2.19. The number of benzene rings is 1. The lowest BCUT2D eigenvalue weighted by Gasteiger charge is -1.92. The molecule has 0 aromatic heterocycles. The molecule has 9 heavy (non-hydrogen) atoms. The van der Waals surface area contributed by atoms with Gasteiger partial charge < -0.3 is 0 Å². The van der Waals surface area contributed by atoms with E-state index in [1.807, 2.05) is 22.6 Å². The van der Waals surface area contributed by atoms with Crippen LogP contribution in [0, 0.1) is 15.5 Å². The molecular weight excluding hydrogens is 253 g/mol.